The second-order valence-corrected chi connectivity index (χ2v) is 16.8. The molecule has 0 spiro atoms. The van der Waals surface area contributed by atoms with E-state index in [1.165, 1.54) is 41.5 Å². The molecule has 0 aromatic rings. The van der Waals surface area contributed by atoms with Crippen molar-refractivity contribution in [2.24, 2.45) is 22.7 Å². The number of amides is 2. The molecule has 0 saturated carbocycles. The third kappa shape index (κ3) is 19.9. The van der Waals surface area contributed by atoms with Gasteiger partial charge in [-0.25, -0.2) is 9.59 Å². The number of aliphatic hydroxyl groups excluding tert-OH is 2. The Labute approximate surface area is 289 Å². The lowest BCUT2D eigenvalue weighted by Gasteiger charge is -2.30. The maximum atomic E-state index is 12.4. The molecule has 0 aliphatic carbocycles. The average molecular weight is 751 g/mol. The van der Waals surface area contributed by atoms with Crippen molar-refractivity contribution in [1.82, 2.24) is 10.6 Å². The molecule has 0 aliphatic heterocycles. The van der Waals surface area contributed by atoms with Crippen LogP contribution in [0, 0.1) is 22.7 Å². The standard InChI is InChI=1S/C29H54N2O16S2/c1-18(2)24(34)44-20(5)46-26(36)30-14-22(32)28(7,8)16-42-48(38,39)12-11-13-49(40,41)43-17-29(9,10)23(33)15-31-27(37)47-21(6)45-25(35)19(3)4/h18-23,32-33H,11-17H2,1-10H3,(H,30,36)(H,31,37)/t20?,21?,22-,23-/m0/s1. The molecule has 0 rings (SSSR count). The van der Waals surface area contributed by atoms with Crippen LogP contribution in [0.15, 0.2) is 0 Å². The van der Waals surface area contributed by atoms with Gasteiger partial charge in [0, 0.05) is 37.8 Å². The fourth-order valence-electron chi connectivity index (χ4n) is 3.15. The van der Waals surface area contributed by atoms with Crippen molar-refractivity contribution in [2.45, 2.75) is 100 Å². The molecule has 0 aliphatic rings. The Balaban J connectivity index is 4.68. The fraction of sp³-hybridized carbons (Fsp3) is 0.862. The normalized spacial score (nSPS) is 15.1. The van der Waals surface area contributed by atoms with Crippen molar-refractivity contribution in [2.75, 3.05) is 37.8 Å². The molecule has 4 N–H and O–H groups in total. The van der Waals surface area contributed by atoms with E-state index in [1.54, 1.807) is 27.7 Å². The Morgan fingerprint density at radius 3 is 1.18 bits per heavy atom. The molecule has 0 aromatic carbocycles. The van der Waals surface area contributed by atoms with Crippen molar-refractivity contribution in [3.8, 4) is 0 Å². The first kappa shape index (κ1) is 46.2. The molecule has 0 fully saturated rings. The topological polar surface area (TPSA) is 256 Å². The second kappa shape index (κ2) is 20.2. The van der Waals surface area contributed by atoms with Gasteiger partial charge in [-0.05, 0) is 6.42 Å². The van der Waals surface area contributed by atoms with Crippen molar-refractivity contribution in [1.29, 1.82) is 0 Å². The zero-order valence-electron chi connectivity index (χ0n) is 29.8. The number of esters is 2. The summed E-state index contributed by atoms with van der Waals surface area (Å²) >= 11 is 0. The van der Waals surface area contributed by atoms with Crippen molar-refractivity contribution in [3.63, 3.8) is 0 Å². The third-order valence-corrected chi connectivity index (χ3v) is 9.28. The van der Waals surface area contributed by atoms with Crippen LogP contribution in [0.4, 0.5) is 9.59 Å². The van der Waals surface area contributed by atoms with Crippen molar-refractivity contribution >= 4 is 44.4 Å². The predicted molar refractivity (Wildman–Crippen MR) is 173 cm³/mol. The Morgan fingerprint density at radius 1 is 0.592 bits per heavy atom. The van der Waals surface area contributed by atoms with Crippen LogP contribution in [0.2, 0.25) is 0 Å². The van der Waals surface area contributed by atoms with E-state index < -0.39 is 123 Å². The van der Waals surface area contributed by atoms with E-state index >= 15 is 0 Å². The molecule has 0 saturated heterocycles. The zero-order valence-corrected chi connectivity index (χ0v) is 31.5. The Bertz CT molecular complexity index is 1200. The molecule has 0 aromatic heterocycles. The van der Waals surface area contributed by atoms with Gasteiger partial charge in [-0.3, -0.25) is 18.0 Å². The number of hydrogen-bond acceptors (Lipinski definition) is 16. The van der Waals surface area contributed by atoms with Crippen LogP contribution in [-0.4, -0.2) is 114 Å². The van der Waals surface area contributed by atoms with Crippen LogP contribution in [0.3, 0.4) is 0 Å². The lowest BCUT2D eigenvalue weighted by atomic mass is 9.87. The summed E-state index contributed by atoms with van der Waals surface area (Å²) in [5, 5.41) is 25.5. The lowest BCUT2D eigenvalue weighted by molar-refractivity contribution is -0.170. The minimum atomic E-state index is -4.24. The maximum Gasteiger partial charge on any atom is 0.410 e. The van der Waals surface area contributed by atoms with Gasteiger partial charge >= 0.3 is 24.1 Å². The van der Waals surface area contributed by atoms with E-state index in [1.807, 2.05) is 0 Å². The van der Waals surface area contributed by atoms with Crippen LogP contribution in [0.5, 0.6) is 0 Å². The second-order valence-electron chi connectivity index (χ2n) is 13.3. The summed E-state index contributed by atoms with van der Waals surface area (Å²) in [6.07, 6.45) is -7.31. The number of alkyl carbamates (subject to hydrolysis) is 2. The van der Waals surface area contributed by atoms with Crippen LogP contribution < -0.4 is 10.6 Å². The number of nitrogens with one attached hydrogen (secondary N) is 2. The molecular formula is C29H54N2O16S2. The Kier molecular flexibility index (Phi) is 19.0. The summed E-state index contributed by atoms with van der Waals surface area (Å²) in [5.74, 6) is -3.39. The van der Waals surface area contributed by atoms with E-state index in [0.717, 1.165) is 0 Å². The molecule has 18 nitrogen and oxygen atoms in total. The molecule has 2 unspecified atom stereocenters. The van der Waals surface area contributed by atoms with Gasteiger partial charge in [0.15, 0.2) is 0 Å². The van der Waals surface area contributed by atoms with Gasteiger partial charge in [0.25, 0.3) is 20.2 Å². The number of carbonyl (C=O) groups is 4. The fourth-order valence-corrected chi connectivity index (χ4v) is 5.53. The molecule has 4 atom stereocenters. The third-order valence-electron chi connectivity index (χ3n) is 6.75. The molecule has 288 valence electrons. The van der Waals surface area contributed by atoms with Crippen LogP contribution in [-0.2, 0) is 57.1 Å². The highest BCUT2D eigenvalue weighted by atomic mass is 32.2. The van der Waals surface area contributed by atoms with Gasteiger partial charge in [0.1, 0.15) is 0 Å². The largest absolute Gasteiger partial charge is 0.425 e. The van der Waals surface area contributed by atoms with Gasteiger partial charge in [0.05, 0.1) is 48.8 Å². The Hall–Kier alpha value is -2.78. The predicted octanol–water partition coefficient (Wildman–Crippen LogP) is 1.39. The first-order chi connectivity index (χ1) is 22.2. The number of aliphatic hydroxyl groups is 2. The Morgan fingerprint density at radius 2 is 0.898 bits per heavy atom. The first-order valence-electron chi connectivity index (χ1n) is 15.6. The first-order valence-corrected chi connectivity index (χ1v) is 18.8. The van der Waals surface area contributed by atoms with Crippen LogP contribution >= 0.6 is 0 Å². The summed E-state index contributed by atoms with van der Waals surface area (Å²) in [5.41, 5.74) is -2.38. The maximum absolute atomic E-state index is 12.4. The smallest absolute Gasteiger partial charge is 0.410 e. The molecule has 49 heavy (non-hydrogen) atoms. The highest BCUT2D eigenvalue weighted by Gasteiger charge is 2.33. The highest BCUT2D eigenvalue weighted by molar-refractivity contribution is 7.87. The molecule has 0 radical (unpaired) electrons. The monoisotopic (exact) mass is 750 g/mol. The minimum Gasteiger partial charge on any atom is -0.425 e. The lowest BCUT2D eigenvalue weighted by Crippen LogP contribution is -2.44. The van der Waals surface area contributed by atoms with E-state index in [-0.39, 0.29) is 13.1 Å². The van der Waals surface area contributed by atoms with Crippen molar-refractivity contribution in [3.05, 3.63) is 0 Å². The summed E-state index contributed by atoms with van der Waals surface area (Å²) in [7, 11) is -8.48. The van der Waals surface area contributed by atoms with E-state index in [9.17, 15) is 46.2 Å². The molecule has 0 heterocycles. The van der Waals surface area contributed by atoms with Crippen molar-refractivity contribution < 1.29 is 73.5 Å². The number of hydrogen-bond donors (Lipinski definition) is 4. The summed E-state index contributed by atoms with van der Waals surface area (Å²) in [6, 6.07) is 0. The molecule has 0 bridgehead atoms. The molecule has 2 amide bonds. The van der Waals surface area contributed by atoms with E-state index in [2.05, 4.69) is 10.6 Å². The van der Waals surface area contributed by atoms with Gasteiger partial charge in [0.2, 0.25) is 12.6 Å². The highest BCUT2D eigenvalue weighted by Crippen LogP contribution is 2.23. The van der Waals surface area contributed by atoms with Crippen LogP contribution in [0.25, 0.3) is 0 Å². The van der Waals surface area contributed by atoms with E-state index in [4.69, 9.17) is 27.3 Å². The number of carbonyl (C=O) groups excluding carboxylic acids is 4. The number of ether oxygens (including phenoxy) is 4. The van der Waals surface area contributed by atoms with Gasteiger partial charge in [-0.1, -0.05) is 55.4 Å². The summed E-state index contributed by atoms with van der Waals surface area (Å²) in [4.78, 5) is 47.0. The summed E-state index contributed by atoms with van der Waals surface area (Å²) < 4.78 is 79.2. The van der Waals surface area contributed by atoms with Gasteiger partial charge in [-0.15, -0.1) is 0 Å². The minimum absolute atomic E-state index is 0.352. The number of rotatable bonds is 22. The quantitative estimate of drug-likeness (QED) is 0.0692. The summed E-state index contributed by atoms with van der Waals surface area (Å²) in [6.45, 7) is 13.3. The van der Waals surface area contributed by atoms with Gasteiger partial charge < -0.3 is 39.8 Å². The zero-order chi connectivity index (χ0) is 38.4. The average Bonchev–Trinajstić information content (AvgIpc) is 2.96. The molecule has 20 heteroatoms. The SMILES string of the molecule is CC(OC(=O)NC[C@H](O)C(C)(C)COS(=O)(=O)CCCS(=O)(=O)OCC(C)(C)[C@@H](O)CNC(=O)OC(C)OC(=O)C(C)C)OC(=O)C(C)C. The molecular weight excluding hydrogens is 696 g/mol. The van der Waals surface area contributed by atoms with Gasteiger partial charge in [-0.2, -0.15) is 16.8 Å². The van der Waals surface area contributed by atoms with Crippen LogP contribution in [0.1, 0.15) is 75.7 Å². The van der Waals surface area contributed by atoms with E-state index in [0.29, 0.717) is 0 Å².